The van der Waals surface area contributed by atoms with Crippen LogP contribution in [0.15, 0.2) is 42.5 Å². The highest BCUT2D eigenvalue weighted by atomic mass is 35.5. The molecular formula is C31H39ClFN5O7S. The molecule has 0 spiro atoms. The fraction of sp³-hybridized carbons (Fsp3) is 0.516. The average molecular weight is 680 g/mol. The Labute approximate surface area is 272 Å². The minimum absolute atomic E-state index is 0.0802. The van der Waals surface area contributed by atoms with E-state index in [2.05, 4.69) is 16.0 Å². The number of hydrogen-bond donors (Lipinski definition) is 4. The smallest absolute Gasteiger partial charge is 0.407 e. The van der Waals surface area contributed by atoms with E-state index in [1.54, 1.807) is 30.3 Å². The van der Waals surface area contributed by atoms with Crippen LogP contribution < -0.4 is 16.0 Å². The quantitative estimate of drug-likeness (QED) is 0.330. The van der Waals surface area contributed by atoms with E-state index in [0.717, 1.165) is 6.42 Å². The molecule has 0 aliphatic carbocycles. The first-order valence-electron chi connectivity index (χ1n) is 15.3. The molecule has 2 unspecified atom stereocenters. The number of hydrogen-bond acceptors (Lipinski definition) is 7. The predicted molar refractivity (Wildman–Crippen MR) is 170 cm³/mol. The molecule has 3 heterocycles. The lowest BCUT2D eigenvalue weighted by molar-refractivity contribution is -0.120. The number of halogens is 2. The summed E-state index contributed by atoms with van der Waals surface area (Å²) in [7, 11) is -2.27. The summed E-state index contributed by atoms with van der Waals surface area (Å²) in [5, 5.41) is 19.0. The Morgan fingerprint density at radius 1 is 1.17 bits per heavy atom. The highest BCUT2D eigenvalue weighted by Crippen LogP contribution is 2.40. The van der Waals surface area contributed by atoms with E-state index in [0.29, 0.717) is 36.5 Å². The number of amides is 3. The summed E-state index contributed by atoms with van der Waals surface area (Å²) in [4.78, 5) is 39.8. The van der Waals surface area contributed by atoms with E-state index >= 15 is 4.39 Å². The van der Waals surface area contributed by atoms with Crippen molar-refractivity contribution >= 4 is 45.4 Å². The molecule has 3 amide bonds. The van der Waals surface area contributed by atoms with Gasteiger partial charge in [0.05, 0.1) is 12.9 Å². The summed E-state index contributed by atoms with van der Waals surface area (Å²) >= 11 is 6.16. The molecule has 4 atom stereocenters. The third-order valence-corrected chi connectivity index (χ3v) is 11.7. The number of methoxy groups -OCH3 is 1. The zero-order valence-corrected chi connectivity index (χ0v) is 27.1. The highest BCUT2D eigenvalue weighted by molar-refractivity contribution is 7.89. The first kappa shape index (κ1) is 33.9. The second-order valence-electron chi connectivity index (χ2n) is 12.1. The number of alkyl carbamates (subject to hydrolysis) is 1. The van der Waals surface area contributed by atoms with E-state index in [1.165, 1.54) is 28.4 Å². The Morgan fingerprint density at radius 3 is 2.57 bits per heavy atom. The van der Waals surface area contributed by atoms with Crippen LogP contribution in [-0.4, -0.2) is 98.0 Å². The lowest BCUT2D eigenvalue weighted by Crippen LogP contribution is -2.60. The number of carbonyl (C=O) groups excluding carboxylic acids is 2. The van der Waals surface area contributed by atoms with E-state index in [1.807, 2.05) is 0 Å². The predicted octanol–water partition coefficient (Wildman–Crippen LogP) is 3.55. The van der Waals surface area contributed by atoms with Crippen molar-refractivity contribution in [2.24, 2.45) is 0 Å². The zero-order valence-electron chi connectivity index (χ0n) is 25.5. The van der Waals surface area contributed by atoms with Gasteiger partial charge in [0.25, 0.3) is 0 Å². The first-order chi connectivity index (χ1) is 21.9. The second-order valence-corrected chi connectivity index (χ2v) is 14.6. The number of rotatable bonds is 8. The number of ether oxygens (including phenoxy) is 1. The molecule has 15 heteroatoms. The average Bonchev–Trinajstić information content (AvgIpc) is 3.15. The van der Waals surface area contributed by atoms with Gasteiger partial charge in [-0.15, -0.1) is 0 Å². The molecule has 0 radical (unpaired) electrons. The maximum atomic E-state index is 15.4. The van der Waals surface area contributed by atoms with E-state index in [-0.39, 0.29) is 61.4 Å². The number of piperidine rings is 1. The summed E-state index contributed by atoms with van der Waals surface area (Å²) < 4.78 is 47.7. The standard InChI is InChI=1S/C31H39ClFN5O7S/c1-45-29(40)36-27(31(20-7-9-21(32)10-8-20)13-15-37(16-14-31)30(41)42)28(39)35-26-6-2-5-25(33)24(26)12-11-23-18-34-22-4-3-17-46(43,44)38(23)19-22/h2,5-10,22-23,27,34H,3-4,11-19H2,1H3,(H,35,39)(H,36,40)(H,41,42)/t22-,23+,27?/m1/s1. The third kappa shape index (κ3) is 7.24. The van der Waals surface area contributed by atoms with E-state index in [4.69, 9.17) is 16.3 Å². The van der Waals surface area contributed by atoms with Crippen LogP contribution in [0.2, 0.25) is 5.02 Å². The van der Waals surface area contributed by atoms with Crippen LogP contribution in [0.1, 0.15) is 43.2 Å². The number of benzene rings is 2. The van der Waals surface area contributed by atoms with Crippen molar-refractivity contribution in [2.75, 3.05) is 44.4 Å². The lowest BCUT2D eigenvalue weighted by atomic mass is 9.67. The normalized spacial score (nSPS) is 24.2. The van der Waals surface area contributed by atoms with Crippen molar-refractivity contribution in [3.8, 4) is 0 Å². The van der Waals surface area contributed by atoms with Gasteiger partial charge in [-0.1, -0.05) is 29.8 Å². The Balaban J connectivity index is 1.43. The largest absolute Gasteiger partial charge is 0.465 e. The van der Waals surface area contributed by atoms with Crippen LogP contribution in [-0.2, 0) is 31.4 Å². The van der Waals surface area contributed by atoms with Gasteiger partial charge in [-0.3, -0.25) is 4.79 Å². The highest BCUT2D eigenvalue weighted by Gasteiger charge is 2.48. The number of fused-ring (bicyclic) bond motifs is 2. The Kier molecular flexibility index (Phi) is 10.4. The number of carboxylic acid groups (broad SMARTS) is 1. The van der Waals surface area contributed by atoms with Gasteiger partial charge in [-0.2, -0.15) is 4.31 Å². The molecule has 0 aromatic heterocycles. The van der Waals surface area contributed by atoms with Gasteiger partial charge in [-0.05, 0) is 68.4 Å². The summed E-state index contributed by atoms with van der Waals surface area (Å²) in [6, 6.07) is 9.58. The van der Waals surface area contributed by atoms with Crippen LogP contribution in [0.4, 0.5) is 19.7 Å². The molecule has 2 bridgehead atoms. The van der Waals surface area contributed by atoms with Gasteiger partial charge in [0.2, 0.25) is 15.9 Å². The molecule has 2 aromatic rings. The monoisotopic (exact) mass is 679 g/mol. The zero-order chi connectivity index (χ0) is 33.1. The molecule has 3 fully saturated rings. The van der Waals surface area contributed by atoms with Gasteiger partial charge in [0, 0.05) is 60.0 Å². The fourth-order valence-electron chi connectivity index (χ4n) is 6.94. The minimum atomic E-state index is -3.44. The van der Waals surface area contributed by atoms with Crippen LogP contribution in [0.3, 0.4) is 0 Å². The molecule has 0 saturated carbocycles. The van der Waals surface area contributed by atoms with Gasteiger partial charge in [-0.25, -0.2) is 22.4 Å². The number of anilines is 1. The van der Waals surface area contributed by atoms with Crippen LogP contribution in [0.25, 0.3) is 0 Å². The van der Waals surface area contributed by atoms with Crippen molar-refractivity contribution in [3.05, 3.63) is 64.4 Å². The molecule has 5 rings (SSSR count). The molecule has 3 saturated heterocycles. The van der Waals surface area contributed by atoms with Crippen LogP contribution in [0, 0.1) is 5.82 Å². The molecule has 2 aromatic carbocycles. The Morgan fingerprint density at radius 2 is 1.89 bits per heavy atom. The molecule has 250 valence electrons. The van der Waals surface area contributed by atoms with Gasteiger partial charge in [0.15, 0.2) is 0 Å². The SMILES string of the molecule is COC(=O)NC(C(=O)Nc1cccc(F)c1CC[C@H]1CN[C@@H]2CCCS(=O)(=O)N1C2)C1(c2ccc(Cl)cc2)CCN(C(=O)O)CC1. The fourth-order valence-corrected chi connectivity index (χ4v) is 8.88. The first-order valence-corrected chi connectivity index (χ1v) is 17.3. The van der Waals surface area contributed by atoms with Crippen molar-refractivity contribution in [1.29, 1.82) is 0 Å². The minimum Gasteiger partial charge on any atom is -0.465 e. The summed E-state index contributed by atoms with van der Waals surface area (Å²) in [5.41, 5.74) is 0.00697. The molecular weight excluding hydrogens is 641 g/mol. The maximum Gasteiger partial charge on any atom is 0.407 e. The van der Waals surface area contributed by atoms with E-state index in [9.17, 15) is 27.9 Å². The number of likely N-dealkylation sites (tertiary alicyclic amines) is 1. The molecule has 3 aliphatic heterocycles. The lowest BCUT2D eigenvalue weighted by Gasteiger charge is -2.45. The van der Waals surface area contributed by atoms with Crippen molar-refractivity contribution in [2.45, 2.75) is 62.1 Å². The Hall–Kier alpha value is -3.46. The summed E-state index contributed by atoms with van der Waals surface area (Å²) in [5.74, 6) is -1.12. The molecule has 46 heavy (non-hydrogen) atoms. The van der Waals surface area contributed by atoms with Gasteiger partial charge >= 0.3 is 12.2 Å². The van der Waals surface area contributed by atoms with Gasteiger partial charge in [0.1, 0.15) is 11.9 Å². The van der Waals surface area contributed by atoms with Crippen molar-refractivity contribution in [3.63, 3.8) is 0 Å². The van der Waals surface area contributed by atoms with E-state index < -0.39 is 45.4 Å². The topological polar surface area (TPSA) is 157 Å². The number of nitrogens with zero attached hydrogens (tertiary/aromatic N) is 2. The maximum absolute atomic E-state index is 15.4. The number of sulfonamides is 1. The molecule has 12 nitrogen and oxygen atoms in total. The molecule has 3 aliphatic rings. The third-order valence-electron chi connectivity index (χ3n) is 9.47. The van der Waals surface area contributed by atoms with Crippen molar-refractivity contribution < 1.29 is 37.0 Å². The summed E-state index contributed by atoms with van der Waals surface area (Å²) in [6.45, 7) is 1.03. The van der Waals surface area contributed by atoms with Gasteiger partial charge < -0.3 is 30.7 Å². The Bertz CT molecular complexity index is 1550. The number of nitrogens with one attached hydrogen (secondary N) is 3. The summed E-state index contributed by atoms with van der Waals surface area (Å²) in [6.07, 6.45) is 0.265. The number of piperazine rings is 1. The van der Waals surface area contributed by atoms with Crippen LogP contribution in [0.5, 0.6) is 0 Å². The second kappa shape index (κ2) is 14.1. The van der Waals surface area contributed by atoms with Crippen LogP contribution >= 0.6 is 11.6 Å². The van der Waals surface area contributed by atoms with Crippen molar-refractivity contribution in [1.82, 2.24) is 19.8 Å². The number of carbonyl (C=O) groups is 3. The molecule has 4 N–H and O–H groups in total.